The van der Waals surface area contributed by atoms with Crippen molar-refractivity contribution in [2.45, 2.75) is 164 Å². The molecular formula is C43H67NO5. The standard InChI is InChI=1S/C43H67NO5/c1-27-41(8)31(49-32(45)26-36(2,3)35(47)48)15-16-40(7)30-13-12-29-33-28(37(4)18-19-37)14-17-42(33,34(46)44-24-10-9-11-25-44)22-20-38(29,5)39(30,6)21-23-43(27,40)41/h27-31,33H,9-26H2,1-8H3,(H,47,48)/t27?,28-,29-,30+,31+,33-,38-,39-,40-,41?,42+,43+/m1/s1. The highest BCUT2D eigenvalue weighted by molar-refractivity contribution is 5.84. The van der Waals surface area contributed by atoms with Crippen LogP contribution in [-0.4, -0.2) is 47.0 Å². The Labute approximate surface area is 296 Å². The molecule has 1 saturated heterocycles. The van der Waals surface area contributed by atoms with Crippen molar-refractivity contribution < 1.29 is 24.2 Å². The topological polar surface area (TPSA) is 83.9 Å². The summed E-state index contributed by atoms with van der Waals surface area (Å²) in [7, 11) is 0. The fraction of sp³-hybridized carbons (Fsp3) is 0.930. The van der Waals surface area contributed by atoms with Crippen molar-refractivity contribution in [2.24, 2.45) is 72.9 Å². The van der Waals surface area contributed by atoms with Gasteiger partial charge in [-0.05, 0) is 167 Å². The Morgan fingerprint density at radius 3 is 2.08 bits per heavy atom. The fourth-order valence-electron chi connectivity index (χ4n) is 16.2. The predicted molar refractivity (Wildman–Crippen MR) is 190 cm³/mol. The summed E-state index contributed by atoms with van der Waals surface area (Å²) in [4.78, 5) is 42.1. The fourth-order valence-corrected chi connectivity index (χ4v) is 16.2. The number of nitrogens with zero attached hydrogens (tertiary/aromatic N) is 1. The number of rotatable bonds is 6. The van der Waals surface area contributed by atoms with Gasteiger partial charge in [-0.15, -0.1) is 0 Å². The number of likely N-dealkylation sites (tertiary alicyclic amines) is 1. The lowest BCUT2D eigenvalue weighted by Crippen LogP contribution is -2.67. The number of carbonyl (C=O) groups excluding carboxylic acids is 2. The van der Waals surface area contributed by atoms with Crippen LogP contribution >= 0.6 is 0 Å². The molecule has 7 saturated carbocycles. The number of amides is 1. The highest BCUT2D eigenvalue weighted by Crippen LogP contribution is 2.90. The van der Waals surface area contributed by atoms with Crippen molar-refractivity contribution in [1.82, 2.24) is 4.90 Å². The molecule has 8 aliphatic rings. The van der Waals surface area contributed by atoms with Crippen molar-refractivity contribution in [3.8, 4) is 0 Å². The number of carbonyl (C=O) groups is 3. The molecule has 1 heterocycles. The Morgan fingerprint density at radius 1 is 0.755 bits per heavy atom. The highest BCUT2D eigenvalue weighted by Gasteiger charge is 2.86. The lowest BCUT2D eigenvalue weighted by atomic mass is 9.32. The second-order valence-electron chi connectivity index (χ2n) is 21.2. The van der Waals surface area contributed by atoms with Gasteiger partial charge < -0.3 is 14.7 Å². The number of aliphatic carboxylic acids is 1. The molecule has 8 rings (SSSR count). The maximum Gasteiger partial charge on any atom is 0.309 e. The van der Waals surface area contributed by atoms with Crippen molar-refractivity contribution in [3.63, 3.8) is 0 Å². The molecule has 2 unspecified atom stereocenters. The maximum absolute atomic E-state index is 14.8. The summed E-state index contributed by atoms with van der Waals surface area (Å²) in [6.07, 6.45) is 17.7. The molecule has 0 aromatic carbocycles. The van der Waals surface area contributed by atoms with Crippen LogP contribution in [0.5, 0.6) is 0 Å². The van der Waals surface area contributed by atoms with Gasteiger partial charge in [0.05, 0.1) is 17.3 Å². The molecule has 0 bridgehead atoms. The van der Waals surface area contributed by atoms with E-state index in [9.17, 15) is 19.5 Å². The minimum atomic E-state index is -1.13. The maximum atomic E-state index is 14.8. The largest absolute Gasteiger partial charge is 0.481 e. The average Bonchev–Trinajstić information content (AvgIpc) is 3.84. The summed E-state index contributed by atoms with van der Waals surface area (Å²) in [5.41, 5.74) is -0.103. The minimum absolute atomic E-state index is 0.0677. The van der Waals surface area contributed by atoms with Crippen LogP contribution in [0.1, 0.15) is 158 Å². The molecule has 1 N–H and O–H groups in total. The monoisotopic (exact) mass is 678 g/mol. The smallest absolute Gasteiger partial charge is 0.309 e. The molecule has 1 amide bonds. The zero-order chi connectivity index (χ0) is 35.2. The van der Waals surface area contributed by atoms with E-state index in [0.29, 0.717) is 40.9 Å². The van der Waals surface area contributed by atoms with Gasteiger partial charge in [-0.1, -0.05) is 41.5 Å². The molecule has 6 heteroatoms. The normalized spacial score (nSPS) is 50.9. The van der Waals surface area contributed by atoms with Crippen molar-refractivity contribution >= 4 is 17.8 Å². The second kappa shape index (κ2) is 10.5. The molecule has 12 atom stereocenters. The second-order valence-corrected chi connectivity index (χ2v) is 21.2. The van der Waals surface area contributed by atoms with E-state index in [4.69, 9.17) is 4.74 Å². The van der Waals surface area contributed by atoms with Gasteiger partial charge in [0, 0.05) is 18.5 Å². The first-order chi connectivity index (χ1) is 22.9. The van der Waals surface area contributed by atoms with E-state index in [1.54, 1.807) is 13.8 Å². The molecule has 274 valence electrons. The quantitative estimate of drug-likeness (QED) is 0.283. The lowest BCUT2D eigenvalue weighted by molar-refractivity contribution is -0.242. The molecule has 0 radical (unpaired) electrons. The number of carboxylic acids is 1. The number of esters is 1. The molecule has 49 heavy (non-hydrogen) atoms. The van der Waals surface area contributed by atoms with Gasteiger partial charge in [0.25, 0.3) is 0 Å². The Kier molecular flexibility index (Phi) is 7.40. The Bertz CT molecular complexity index is 1430. The summed E-state index contributed by atoms with van der Waals surface area (Å²) in [6.45, 7) is 20.6. The molecule has 8 fully saturated rings. The third kappa shape index (κ3) is 4.16. The van der Waals surface area contributed by atoms with Crippen LogP contribution in [0, 0.1) is 72.9 Å². The third-order valence-electron chi connectivity index (χ3n) is 19.5. The minimum Gasteiger partial charge on any atom is -0.481 e. The third-order valence-corrected chi connectivity index (χ3v) is 19.5. The number of hydrogen-bond donors (Lipinski definition) is 1. The van der Waals surface area contributed by atoms with Gasteiger partial charge in [-0.25, -0.2) is 0 Å². The molecule has 0 aromatic rings. The first kappa shape index (κ1) is 34.5. The van der Waals surface area contributed by atoms with Gasteiger partial charge >= 0.3 is 11.9 Å². The first-order valence-corrected chi connectivity index (χ1v) is 20.6. The molecule has 6 nitrogen and oxygen atoms in total. The van der Waals surface area contributed by atoms with E-state index in [1.165, 1.54) is 70.6 Å². The number of carboxylic acid groups (broad SMARTS) is 1. The van der Waals surface area contributed by atoms with E-state index in [0.717, 1.165) is 38.8 Å². The first-order valence-electron chi connectivity index (χ1n) is 20.6. The number of ether oxygens (including phenoxy) is 1. The molecular weight excluding hydrogens is 610 g/mol. The summed E-state index contributed by atoms with van der Waals surface area (Å²) >= 11 is 0. The van der Waals surface area contributed by atoms with E-state index in [1.807, 2.05) is 0 Å². The zero-order valence-corrected chi connectivity index (χ0v) is 32.2. The van der Waals surface area contributed by atoms with Crippen LogP contribution in [0.2, 0.25) is 0 Å². The van der Waals surface area contributed by atoms with E-state index in [-0.39, 0.29) is 51.0 Å². The number of fused-ring (bicyclic) bond motifs is 6. The van der Waals surface area contributed by atoms with Gasteiger partial charge in [0.2, 0.25) is 5.91 Å². The van der Waals surface area contributed by atoms with Gasteiger partial charge in [0.1, 0.15) is 6.10 Å². The van der Waals surface area contributed by atoms with Gasteiger partial charge in [-0.3, -0.25) is 14.4 Å². The highest BCUT2D eigenvalue weighted by atomic mass is 16.5. The molecule has 0 aromatic heterocycles. The average molecular weight is 678 g/mol. The molecule has 1 aliphatic heterocycles. The van der Waals surface area contributed by atoms with Crippen LogP contribution in [-0.2, 0) is 19.1 Å². The van der Waals surface area contributed by atoms with E-state index < -0.39 is 11.4 Å². The summed E-state index contributed by atoms with van der Waals surface area (Å²) < 4.78 is 6.30. The zero-order valence-electron chi connectivity index (χ0n) is 32.2. The van der Waals surface area contributed by atoms with Crippen LogP contribution in [0.3, 0.4) is 0 Å². The van der Waals surface area contributed by atoms with Crippen LogP contribution in [0.4, 0.5) is 0 Å². The van der Waals surface area contributed by atoms with Gasteiger partial charge in [0.15, 0.2) is 0 Å². The summed E-state index contributed by atoms with van der Waals surface area (Å²) in [6, 6.07) is 0. The van der Waals surface area contributed by atoms with Gasteiger partial charge in [-0.2, -0.15) is 0 Å². The predicted octanol–water partition coefficient (Wildman–Crippen LogP) is 9.29. The SMILES string of the molecule is CC1C2(C)[C@@H](OC(=O)CC(C)(C)C(=O)O)CC[C@]3(C)[C@H]4CC[C@@H]5[C@H]6[C@H](C7(C)CC7)CC[C@]6(C(=O)N6CCCCC6)CC[C@@]5(C)[C@]4(C)CC[C@@]123. The van der Waals surface area contributed by atoms with Crippen molar-refractivity contribution in [3.05, 3.63) is 0 Å². The Balaban J connectivity index is 1.09. The van der Waals surface area contributed by atoms with Crippen LogP contribution < -0.4 is 0 Å². The molecule has 7 aliphatic carbocycles. The Hall–Kier alpha value is -1.59. The summed E-state index contributed by atoms with van der Waals surface area (Å²) in [5, 5.41) is 9.66. The Morgan fingerprint density at radius 2 is 1.43 bits per heavy atom. The number of hydrogen-bond acceptors (Lipinski definition) is 4. The van der Waals surface area contributed by atoms with E-state index in [2.05, 4.69) is 46.4 Å². The van der Waals surface area contributed by atoms with Crippen LogP contribution in [0.25, 0.3) is 0 Å². The van der Waals surface area contributed by atoms with Crippen LogP contribution in [0.15, 0.2) is 0 Å². The lowest BCUT2D eigenvalue weighted by Gasteiger charge is -2.72. The summed E-state index contributed by atoms with van der Waals surface area (Å²) in [5.74, 6) is 2.19. The molecule has 1 spiro atoms. The van der Waals surface area contributed by atoms with Crippen molar-refractivity contribution in [1.29, 1.82) is 0 Å². The van der Waals surface area contributed by atoms with Crippen molar-refractivity contribution in [2.75, 3.05) is 13.1 Å². The van der Waals surface area contributed by atoms with E-state index >= 15 is 0 Å². The number of piperidine rings is 1.